The van der Waals surface area contributed by atoms with Crippen molar-refractivity contribution in [2.75, 3.05) is 47.5 Å². The number of allylic oxidation sites excluding steroid dienone is 4. The fraction of sp³-hybridized carbons (Fsp3) is 0.854. The third-order valence-corrected chi connectivity index (χ3v) is 9.69. The van der Waals surface area contributed by atoms with Gasteiger partial charge in [0.05, 0.1) is 27.7 Å². The van der Waals surface area contributed by atoms with Gasteiger partial charge in [-0.05, 0) is 44.9 Å². The second kappa shape index (κ2) is 34.3. The normalized spacial score (nSPS) is 13.9. The standard InChI is InChI=1S/C41H78NO8P/c1-6-8-10-12-14-16-17-18-19-20-21-22-23-24-26-28-30-32-34-41(44)50-39(38-49-51(45,46)48-36-35-42(3,4)5)37-47-40(43)33-31-29-27-25-15-13-11-9-7-2/h16-17,19-20,39H,6-15,18,21-38H2,1-5H3/b17-16-,20-19-. The maximum absolute atomic E-state index is 12.6. The minimum atomic E-state index is -4.62. The number of rotatable bonds is 37. The van der Waals surface area contributed by atoms with Gasteiger partial charge in [0.15, 0.2) is 6.10 Å². The van der Waals surface area contributed by atoms with Crippen molar-refractivity contribution in [3.63, 3.8) is 0 Å². The molecule has 0 aromatic carbocycles. The highest BCUT2D eigenvalue weighted by atomic mass is 31.2. The lowest BCUT2D eigenvalue weighted by atomic mass is 10.1. The van der Waals surface area contributed by atoms with Crippen molar-refractivity contribution < 1.29 is 42.1 Å². The molecule has 0 rings (SSSR count). The Hall–Kier alpha value is -1.51. The van der Waals surface area contributed by atoms with Crippen LogP contribution in [0.2, 0.25) is 0 Å². The number of nitrogens with zero attached hydrogens (tertiary/aromatic N) is 1. The summed E-state index contributed by atoms with van der Waals surface area (Å²) in [4.78, 5) is 37.3. The van der Waals surface area contributed by atoms with Gasteiger partial charge in [0.1, 0.15) is 19.8 Å². The molecular weight excluding hydrogens is 665 g/mol. The van der Waals surface area contributed by atoms with E-state index in [1.807, 2.05) is 21.1 Å². The van der Waals surface area contributed by atoms with E-state index in [4.69, 9.17) is 18.5 Å². The molecule has 2 unspecified atom stereocenters. The average molecular weight is 744 g/mol. The van der Waals surface area contributed by atoms with E-state index in [0.717, 1.165) is 51.4 Å². The Morgan fingerprint density at radius 2 is 1.06 bits per heavy atom. The molecule has 0 aliphatic heterocycles. The zero-order valence-electron chi connectivity index (χ0n) is 33.6. The summed E-state index contributed by atoms with van der Waals surface area (Å²) in [6, 6.07) is 0. The van der Waals surface area contributed by atoms with Crippen molar-refractivity contribution in [2.24, 2.45) is 0 Å². The van der Waals surface area contributed by atoms with E-state index in [1.165, 1.54) is 89.9 Å². The summed E-state index contributed by atoms with van der Waals surface area (Å²) in [6.45, 7) is 4.17. The largest absolute Gasteiger partial charge is 0.756 e. The zero-order valence-corrected chi connectivity index (χ0v) is 34.4. The number of likely N-dealkylation sites (N-methyl/N-ethyl adjacent to an activating group) is 1. The summed E-state index contributed by atoms with van der Waals surface area (Å²) in [5.41, 5.74) is 0. The van der Waals surface area contributed by atoms with Gasteiger partial charge in [-0.3, -0.25) is 14.2 Å². The number of esters is 2. The predicted octanol–water partition coefficient (Wildman–Crippen LogP) is 10.6. The van der Waals surface area contributed by atoms with Crippen molar-refractivity contribution in [1.29, 1.82) is 0 Å². The summed E-state index contributed by atoms with van der Waals surface area (Å²) in [5.74, 6) is -0.844. The Labute approximate surface area is 313 Å². The maximum Gasteiger partial charge on any atom is 0.306 e. The molecule has 0 spiro atoms. The second-order valence-electron chi connectivity index (χ2n) is 15.0. The highest BCUT2D eigenvalue weighted by Gasteiger charge is 2.21. The molecule has 0 amide bonds. The Balaban J connectivity index is 4.36. The van der Waals surface area contributed by atoms with Crippen LogP contribution in [0.3, 0.4) is 0 Å². The van der Waals surface area contributed by atoms with Crippen LogP contribution in [0.5, 0.6) is 0 Å². The van der Waals surface area contributed by atoms with Crippen LogP contribution in [0.15, 0.2) is 24.3 Å². The summed E-state index contributed by atoms with van der Waals surface area (Å²) < 4.78 is 33.8. The molecule has 0 aromatic heterocycles. The average Bonchev–Trinajstić information content (AvgIpc) is 3.07. The van der Waals surface area contributed by atoms with Gasteiger partial charge in [-0.2, -0.15) is 0 Å². The molecule has 0 saturated carbocycles. The summed E-state index contributed by atoms with van der Waals surface area (Å²) in [5, 5.41) is 0. The number of phosphoric ester groups is 1. The van der Waals surface area contributed by atoms with Crippen molar-refractivity contribution in [3.8, 4) is 0 Å². The van der Waals surface area contributed by atoms with Crippen LogP contribution in [0.1, 0.15) is 174 Å². The molecule has 0 aromatic rings. The molecule has 9 nitrogen and oxygen atoms in total. The molecular formula is C41H78NO8P. The third-order valence-electron chi connectivity index (χ3n) is 8.72. The molecule has 0 aliphatic rings. The number of phosphoric acid groups is 1. The lowest BCUT2D eigenvalue weighted by Gasteiger charge is -2.28. The molecule has 51 heavy (non-hydrogen) atoms. The first kappa shape index (κ1) is 49.5. The number of quaternary nitrogens is 1. The van der Waals surface area contributed by atoms with Gasteiger partial charge >= 0.3 is 11.9 Å². The van der Waals surface area contributed by atoms with Crippen LogP contribution < -0.4 is 4.89 Å². The van der Waals surface area contributed by atoms with Gasteiger partial charge in [-0.1, -0.05) is 141 Å². The van der Waals surface area contributed by atoms with Crippen LogP contribution >= 0.6 is 7.82 Å². The van der Waals surface area contributed by atoms with Crippen molar-refractivity contribution in [1.82, 2.24) is 0 Å². The number of ether oxygens (including phenoxy) is 2. The van der Waals surface area contributed by atoms with E-state index in [9.17, 15) is 19.0 Å². The molecule has 10 heteroatoms. The molecule has 0 N–H and O–H groups in total. The van der Waals surface area contributed by atoms with E-state index < -0.39 is 26.5 Å². The van der Waals surface area contributed by atoms with Gasteiger partial charge in [0.2, 0.25) is 0 Å². The number of hydrogen-bond donors (Lipinski definition) is 0. The first-order chi connectivity index (χ1) is 24.5. The van der Waals surface area contributed by atoms with Crippen LogP contribution in [0.4, 0.5) is 0 Å². The van der Waals surface area contributed by atoms with Crippen LogP contribution in [-0.2, 0) is 32.7 Å². The fourth-order valence-electron chi connectivity index (χ4n) is 5.45. The number of carbonyl (C=O) groups excluding carboxylic acids is 2. The van der Waals surface area contributed by atoms with E-state index in [0.29, 0.717) is 17.4 Å². The molecule has 0 bridgehead atoms. The number of unbranched alkanes of at least 4 members (excludes halogenated alkanes) is 19. The van der Waals surface area contributed by atoms with E-state index in [2.05, 4.69) is 38.2 Å². The second-order valence-corrected chi connectivity index (χ2v) is 16.4. The lowest BCUT2D eigenvalue weighted by molar-refractivity contribution is -0.870. The van der Waals surface area contributed by atoms with E-state index in [1.54, 1.807) is 0 Å². The van der Waals surface area contributed by atoms with Gasteiger partial charge in [-0.25, -0.2) is 0 Å². The molecule has 0 fully saturated rings. The Kier molecular flexibility index (Phi) is 33.3. The Morgan fingerprint density at radius 1 is 0.608 bits per heavy atom. The molecule has 300 valence electrons. The molecule has 0 radical (unpaired) electrons. The molecule has 0 heterocycles. The summed E-state index contributed by atoms with van der Waals surface area (Å²) in [6.07, 6.45) is 34.9. The fourth-order valence-corrected chi connectivity index (χ4v) is 6.18. The number of carbonyl (C=O) groups is 2. The van der Waals surface area contributed by atoms with Crippen LogP contribution in [-0.4, -0.2) is 70.0 Å². The quantitative estimate of drug-likeness (QED) is 0.0203. The monoisotopic (exact) mass is 744 g/mol. The van der Waals surface area contributed by atoms with Crippen LogP contribution in [0.25, 0.3) is 0 Å². The Bertz CT molecular complexity index is 933. The number of hydrogen-bond acceptors (Lipinski definition) is 8. The topological polar surface area (TPSA) is 111 Å². The highest BCUT2D eigenvalue weighted by molar-refractivity contribution is 7.45. The SMILES string of the molecule is CCCCCC/C=C\C/C=C\CCCCCCCCCC(=O)OC(COC(=O)CCCCCCCCCCC)COP(=O)([O-])OCC[N+](C)(C)C. The van der Waals surface area contributed by atoms with Crippen LogP contribution in [0, 0.1) is 0 Å². The minimum Gasteiger partial charge on any atom is -0.756 e. The minimum absolute atomic E-state index is 0.0311. The van der Waals surface area contributed by atoms with Crippen molar-refractivity contribution >= 4 is 19.8 Å². The third kappa shape index (κ3) is 38.0. The first-order valence-electron chi connectivity index (χ1n) is 20.5. The van der Waals surface area contributed by atoms with Crippen molar-refractivity contribution in [2.45, 2.75) is 180 Å². The summed E-state index contributed by atoms with van der Waals surface area (Å²) in [7, 11) is 1.16. The van der Waals surface area contributed by atoms with Gasteiger partial charge in [0, 0.05) is 12.8 Å². The van der Waals surface area contributed by atoms with E-state index in [-0.39, 0.29) is 32.0 Å². The first-order valence-corrected chi connectivity index (χ1v) is 22.0. The van der Waals surface area contributed by atoms with Gasteiger partial charge < -0.3 is 27.9 Å². The predicted molar refractivity (Wildman–Crippen MR) is 208 cm³/mol. The highest BCUT2D eigenvalue weighted by Crippen LogP contribution is 2.38. The zero-order chi connectivity index (χ0) is 37.9. The lowest BCUT2D eigenvalue weighted by Crippen LogP contribution is -2.37. The van der Waals surface area contributed by atoms with Gasteiger partial charge in [0.25, 0.3) is 7.82 Å². The molecule has 2 atom stereocenters. The molecule has 0 saturated heterocycles. The van der Waals surface area contributed by atoms with Gasteiger partial charge in [-0.15, -0.1) is 0 Å². The summed E-state index contributed by atoms with van der Waals surface area (Å²) >= 11 is 0. The Morgan fingerprint density at radius 3 is 1.57 bits per heavy atom. The van der Waals surface area contributed by atoms with E-state index >= 15 is 0 Å². The molecule has 0 aliphatic carbocycles. The smallest absolute Gasteiger partial charge is 0.306 e. The maximum atomic E-state index is 12.6. The van der Waals surface area contributed by atoms with Crippen molar-refractivity contribution in [3.05, 3.63) is 24.3 Å².